The Morgan fingerprint density at radius 3 is 2.57 bits per heavy atom. The third-order valence-corrected chi connectivity index (χ3v) is 4.52. The third-order valence-electron chi connectivity index (χ3n) is 3.61. The summed E-state index contributed by atoms with van der Waals surface area (Å²) in [6.07, 6.45) is 1.75. The summed E-state index contributed by atoms with van der Waals surface area (Å²) in [6.45, 7) is 2.20. The lowest BCUT2D eigenvalue weighted by Gasteiger charge is -2.10. The summed E-state index contributed by atoms with van der Waals surface area (Å²) in [4.78, 5) is 29.1. The Bertz CT molecular complexity index is 943. The summed E-state index contributed by atoms with van der Waals surface area (Å²) < 4.78 is 5.50. The fourth-order valence-corrected chi connectivity index (χ4v) is 3.10. The largest absolute Gasteiger partial charge is 0.484 e. The van der Waals surface area contributed by atoms with E-state index in [4.69, 9.17) is 4.74 Å². The highest BCUT2D eigenvalue weighted by molar-refractivity contribution is 7.11. The van der Waals surface area contributed by atoms with Gasteiger partial charge in [-0.15, -0.1) is 11.3 Å². The number of urea groups is 1. The number of carbonyl (C=O) groups is 2. The number of benzene rings is 2. The van der Waals surface area contributed by atoms with Gasteiger partial charge in [-0.25, -0.2) is 9.78 Å². The van der Waals surface area contributed by atoms with Crippen molar-refractivity contribution in [2.24, 2.45) is 0 Å². The highest BCUT2D eigenvalue weighted by Crippen LogP contribution is 2.17. The van der Waals surface area contributed by atoms with Crippen LogP contribution in [0, 0.1) is 6.92 Å². The van der Waals surface area contributed by atoms with Gasteiger partial charge >= 0.3 is 6.03 Å². The number of anilines is 2. The van der Waals surface area contributed by atoms with Crippen LogP contribution in [0.5, 0.6) is 5.75 Å². The van der Waals surface area contributed by atoms with Crippen LogP contribution < -0.4 is 20.7 Å². The number of aryl methyl sites for hydroxylation is 1. The predicted octanol–water partition coefficient (Wildman–Crippen LogP) is 3.79. The molecule has 0 aliphatic carbocycles. The van der Waals surface area contributed by atoms with E-state index < -0.39 is 0 Å². The van der Waals surface area contributed by atoms with Crippen LogP contribution in [0.25, 0.3) is 0 Å². The number of thiazole rings is 1. The number of rotatable bonds is 7. The van der Waals surface area contributed by atoms with Crippen molar-refractivity contribution in [3.63, 3.8) is 0 Å². The van der Waals surface area contributed by atoms with E-state index in [1.807, 2.05) is 25.1 Å². The van der Waals surface area contributed by atoms with Gasteiger partial charge in [0.05, 0.1) is 11.6 Å². The van der Waals surface area contributed by atoms with Crippen molar-refractivity contribution in [3.05, 3.63) is 70.7 Å². The molecular weight excluding hydrogens is 376 g/mol. The molecule has 2 aromatic carbocycles. The number of ether oxygens (including phenoxy) is 1. The maximum Gasteiger partial charge on any atom is 0.319 e. The molecule has 0 saturated carbocycles. The molecule has 0 aliphatic rings. The number of hydrogen-bond acceptors (Lipinski definition) is 5. The van der Waals surface area contributed by atoms with E-state index >= 15 is 0 Å². The van der Waals surface area contributed by atoms with E-state index in [-0.39, 0.29) is 18.5 Å². The Kier molecular flexibility index (Phi) is 6.59. The zero-order valence-electron chi connectivity index (χ0n) is 15.3. The minimum absolute atomic E-state index is 0.130. The van der Waals surface area contributed by atoms with E-state index in [9.17, 15) is 9.59 Å². The summed E-state index contributed by atoms with van der Waals surface area (Å²) in [5, 5.41) is 9.22. The lowest BCUT2D eigenvalue weighted by molar-refractivity contribution is -0.118. The lowest BCUT2D eigenvalue weighted by atomic mass is 10.3. The minimum atomic E-state index is -0.329. The second-order valence-corrected chi connectivity index (χ2v) is 7.20. The molecule has 28 heavy (non-hydrogen) atoms. The second-order valence-electron chi connectivity index (χ2n) is 5.88. The molecule has 0 aliphatic heterocycles. The van der Waals surface area contributed by atoms with Crippen LogP contribution in [-0.2, 0) is 11.3 Å². The monoisotopic (exact) mass is 396 g/mol. The molecule has 0 fully saturated rings. The molecule has 0 saturated heterocycles. The van der Waals surface area contributed by atoms with Gasteiger partial charge in [-0.3, -0.25) is 4.79 Å². The number of aromatic nitrogens is 1. The summed E-state index contributed by atoms with van der Waals surface area (Å²) in [5.74, 6) is 0.223. The molecule has 0 atom stereocenters. The standard InChI is InChI=1S/C20H20N4O3S/c1-14-21-11-18(28-14)12-22-20(26)24-16-8-5-9-17(10-16)27-13-19(25)23-15-6-3-2-4-7-15/h2-11H,12-13H2,1H3,(H,23,25)(H2,22,24,26). The van der Waals surface area contributed by atoms with Crippen LogP contribution in [0.4, 0.5) is 16.2 Å². The average Bonchev–Trinajstić information content (AvgIpc) is 3.11. The molecule has 0 spiro atoms. The molecule has 3 rings (SSSR count). The minimum Gasteiger partial charge on any atom is -0.484 e. The highest BCUT2D eigenvalue weighted by Gasteiger charge is 2.06. The van der Waals surface area contributed by atoms with Crippen LogP contribution in [0.2, 0.25) is 0 Å². The van der Waals surface area contributed by atoms with Gasteiger partial charge in [-0.05, 0) is 31.2 Å². The summed E-state index contributed by atoms with van der Waals surface area (Å²) >= 11 is 1.54. The Labute approximate surface area is 166 Å². The van der Waals surface area contributed by atoms with E-state index in [2.05, 4.69) is 20.9 Å². The molecule has 1 aromatic heterocycles. The first-order valence-electron chi connectivity index (χ1n) is 8.62. The Hall–Kier alpha value is -3.39. The van der Waals surface area contributed by atoms with Crippen molar-refractivity contribution in [1.29, 1.82) is 0 Å². The summed E-state index contributed by atoms with van der Waals surface area (Å²) in [7, 11) is 0. The number of carbonyl (C=O) groups excluding carboxylic acids is 2. The van der Waals surface area contributed by atoms with Gasteiger partial charge in [0.15, 0.2) is 6.61 Å². The van der Waals surface area contributed by atoms with Gasteiger partial charge in [0, 0.05) is 28.5 Å². The summed E-state index contributed by atoms with van der Waals surface area (Å²) in [6, 6.07) is 15.7. The first-order chi connectivity index (χ1) is 13.6. The molecule has 0 bridgehead atoms. The van der Waals surface area contributed by atoms with Gasteiger partial charge in [0.2, 0.25) is 0 Å². The van der Waals surface area contributed by atoms with Crippen molar-refractivity contribution >= 4 is 34.6 Å². The van der Waals surface area contributed by atoms with E-state index in [1.54, 1.807) is 42.6 Å². The van der Waals surface area contributed by atoms with Crippen molar-refractivity contribution in [1.82, 2.24) is 10.3 Å². The molecule has 0 unspecified atom stereocenters. The quantitative estimate of drug-likeness (QED) is 0.566. The smallest absolute Gasteiger partial charge is 0.319 e. The lowest BCUT2D eigenvalue weighted by Crippen LogP contribution is -2.27. The number of para-hydroxylation sites is 1. The second kappa shape index (κ2) is 9.52. The number of nitrogens with zero attached hydrogens (tertiary/aromatic N) is 1. The van der Waals surface area contributed by atoms with Crippen LogP contribution in [0.3, 0.4) is 0 Å². The van der Waals surface area contributed by atoms with Gasteiger partial charge in [-0.2, -0.15) is 0 Å². The molecule has 3 amide bonds. The normalized spacial score (nSPS) is 10.2. The fraction of sp³-hybridized carbons (Fsp3) is 0.150. The summed E-state index contributed by atoms with van der Waals surface area (Å²) in [5.41, 5.74) is 1.28. The van der Waals surface area contributed by atoms with Gasteiger partial charge in [0.1, 0.15) is 5.75 Å². The van der Waals surface area contributed by atoms with E-state index in [0.29, 0.717) is 23.7 Å². The maximum atomic E-state index is 12.0. The van der Waals surface area contributed by atoms with Crippen LogP contribution in [0.1, 0.15) is 9.88 Å². The number of amides is 3. The number of nitrogens with one attached hydrogen (secondary N) is 3. The van der Waals surface area contributed by atoms with Gasteiger partial charge in [-0.1, -0.05) is 24.3 Å². The van der Waals surface area contributed by atoms with E-state index in [0.717, 1.165) is 9.88 Å². The SMILES string of the molecule is Cc1ncc(CNC(=O)Nc2cccc(OCC(=O)Nc3ccccc3)c2)s1. The van der Waals surface area contributed by atoms with E-state index in [1.165, 1.54) is 11.3 Å². The number of hydrogen-bond donors (Lipinski definition) is 3. The zero-order valence-corrected chi connectivity index (χ0v) is 16.1. The molecule has 3 N–H and O–H groups in total. The topological polar surface area (TPSA) is 92.3 Å². The van der Waals surface area contributed by atoms with Crippen molar-refractivity contribution in [2.75, 3.05) is 17.2 Å². The zero-order chi connectivity index (χ0) is 19.8. The van der Waals surface area contributed by atoms with Crippen LogP contribution >= 0.6 is 11.3 Å². The molecule has 0 radical (unpaired) electrons. The molecule has 7 nitrogen and oxygen atoms in total. The molecule has 8 heteroatoms. The first kappa shape index (κ1) is 19.4. The van der Waals surface area contributed by atoms with Gasteiger partial charge in [0.25, 0.3) is 5.91 Å². The maximum absolute atomic E-state index is 12.0. The van der Waals surface area contributed by atoms with Crippen molar-refractivity contribution in [2.45, 2.75) is 13.5 Å². The van der Waals surface area contributed by atoms with Crippen molar-refractivity contribution in [3.8, 4) is 5.75 Å². The molecule has 3 aromatic rings. The third kappa shape index (κ3) is 6.10. The van der Waals surface area contributed by atoms with Crippen LogP contribution in [0.15, 0.2) is 60.8 Å². The highest BCUT2D eigenvalue weighted by atomic mass is 32.1. The predicted molar refractivity (Wildman–Crippen MR) is 110 cm³/mol. The molecular formula is C20H20N4O3S. The Morgan fingerprint density at radius 1 is 1.04 bits per heavy atom. The van der Waals surface area contributed by atoms with Crippen LogP contribution in [-0.4, -0.2) is 23.5 Å². The fourth-order valence-electron chi connectivity index (χ4n) is 2.36. The average molecular weight is 396 g/mol. The molecule has 144 valence electrons. The Balaban J connectivity index is 1.46. The molecule has 1 heterocycles. The first-order valence-corrected chi connectivity index (χ1v) is 9.44. The Morgan fingerprint density at radius 2 is 1.82 bits per heavy atom. The van der Waals surface area contributed by atoms with Crippen molar-refractivity contribution < 1.29 is 14.3 Å². The van der Waals surface area contributed by atoms with Gasteiger partial charge < -0.3 is 20.7 Å².